The maximum Gasteiger partial charge on any atom is 0.415 e. The van der Waals surface area contributed by atoms with Crippen molar-refractivity contribution >= 4 is 11.9 Å². The lowest BCUT2D eigenvalue weighted by atomic mass is 10.1. The quantitative estimate of drug-likeness (QED) is 0.749. The molecule has 0 radical (unpaired) electrons. The van der Waals surface area contributed by atoms with Gasteiger partial charge in [-0.25, -0.2) is 4.79 Å². The van der Waals surface area contributed by atoms with Crippen LogP contribution in [0.15, 0.2) is 10.9 Å². The smallest absolute Gasteiger partial charge is 0.415 e. The number of aromatic amines is 1. The molecule has 0 fully saturated rings. The summed E-state index contributed by atoms with van der Waals surface area (Å²) in [5.41, 5.74) is -0.463. The minimum atomic E-state index is -0.605. The number of nitrogens with one attached hydrogen (secondary N) is 1. The molecule has 1 amide bonds. The van der Waals surface area contributed by atoms with Crippen molar-refractivity contribution in [2.45, 2.75) is 39.2 Å². The molecule has 0 spiro atoms. The summed E-state index contributed by atoms with van der Waals surface area (Å²) in [4.78, 5) is 27.5. The molecular formula is C13H18N2O4. The molecule has 0 bridgehead atoms. The second-order valence-corrected chi connectivity index (χ2v) is 5.58. The number of fused-ring (bicyclic) bond motifs is 1. The molecule has 0 aromatic carbocycles. The zero-order valence-electron chi connectivity index (χ0n) is 11.3. The predicted molar refractivity (Wildman–Crippen MR) is 70.6 cm³/mol. The molecular weight excluding hydrogens is 248 g/mol. The van der Waals surface area contributed by atoms with Gasteiger partial charge in [-0.15, -0.1) is 0 Å². The molecule has 6 heteroatoms. The number of amides is 1. The summed E-state index contributed by atoms with van der Waals surface area (Å²) >= 11 is 0. The number of hydrogen-bond donors (Lipinski definition) is 2. The van der Waals surface area contributed by atoms with Gasteiger partial charge in [0, 0.05) is 18.2 Å². The number of anilines is 1. The number of carbonyl (C=O) groups is 1. The average Bonchev–Trinajstić information content (AvgIpc) is 2.25. The van der Waals surface area contributed by atoms with E-state index in [1.807, 2.05) is 0 Å². The highest BCUT2D eigenvalue weighted by molar-refractivity contribution is 5.88. The first kappa shape index (κ1) is 13.5. The van der Waals surface area contributed by atoms with Gasteiger partial charge in [0.25, 0.3) is 5.56 Å². The van der Waals surface area contributed by atoms with Gasteiger partial charge in [0.1, 0.15) is 17.2 Å². The molecule has 0 saturated heterocycles. The zero-order chi connectivity index (χ0) is 14.2. The molecule has 2 rings (SSSR count). The summed E-state index contributed by atoms with van der Waals surface area (Å²) in [6.07, 6.45) is 0.818. The fourth-order valence-electron chi connectivity index (χ4n) is 2.06. The lowest BCUT2D eigenvalue weighted by molar-refractivity contribution is 0.0576. The van der Waals surface area contributed by atoms with Crippen LogP contribution in [0.2, 0.25) is 0 Å². The van der Waals surface area contributed by atoms with E-state index in [2.05, 4.69) is 4.98 Å². The lowest BCUT2D eigenvalue weighted by Crippen LogP contribution is -2.41. The van der Waals surface area contributed by atoms with Gasteiger partial charge in [-0.1, -0.05) is 0 Å². The first-order valence-electron chi connectivity index (χ1n) is 6.23. The van der Waals surface area contributed by atoms with E-state index in [-0.39, 0.29) is 5.75 Å². The Bertz CT molecular complexity index is 557. The van der Waals surface area contributed by atoms with Gasteiger partial charge in [-0.2, -0.15) is 0 Å². The minimum absolute atomic E-state index is 0.0768. The highest BCUT2D eigenvalue weighted by Gasteiger charge is 2.29. The fourth-order valence-corrected chi connectivity index (χ4v) is 2.06. The Morgan fingerprint density at radius 1 is 1.47 bits per heavy atom. The Balaban J connectivity index is 2.37. The Morgan fingerprint density at radius 3 is 2.79 bits per heavy atom. The minimum Gasteiger partial charge on any atom is -0.507 e. The van der Waals surface area contributed by atoms with E-state index in [1.165, 1.54) is 4.90 Å². The molecule has 1 aromatic rings. The third-order valence-electron chi connectivity index (χ3n) is 2.80. The van der Waals surface area contributed by atoms with Crippen molar-refractivity contribution in [3.05, 3.63) is 22.0 Å². The molecule has 0 aliphatic carbocycles. The van der Waals surface area contributed by atoms with E-state index >= 15 is 0 Å². The third kappa shape index (κ3) is 2.89. The van der Waals surface area contributed by atoms with Gasteiger partial charge in [-0.05, 0) is 33.6 Å². The van der Waals surface area contributed by atoms with Gasteiger partial charge in [0.05, 0.1) is 0 Å². The van der Waals surface area contributed by atoms with Crippen LogP contribution < -0.4 is 10.5 Å². The highest BCUT2D eigenvalue weighted by atomic mass is 16.6. The molecule has 0 unspecified atom stereocenters. The second-order valence-electron chi connectivity index (χ2n) is 5.58. The van der Waals surface area contributed by atoms with Crippen LogP contribution in [-0.2, 0) is 11.2 Å². The van der Waals surface area contributed by atoms with Crippen molar-refractivity contribution in [1.29, 1.82) is 0 Å². The topological polar surface area (TPSA) is 82.6 Å². The maximum absolute atomic E-state index is 12.1. The fraction of sp³-hybridized carbons (Fsp3) is 0.538. The molecule has 2 heterocycles. The first-order chi connectivity index (χ1) is 8.78. The summed E-state index contributed by atoms with van der Waals surface area (Å²) in [7, 11) is 0. The van der Waals surface area contributed by atoms with Crippen molar-refractivity contribution in [1.82, 2.24) is 4.98 Å². The molecule has 1 aromatic heterocycles. The number of aromatic nitrogens is 1. The van der Waals surface area contributed by atoms with Crippen LogP contribution in [-0.4, -0.2) is 28.3 Å². The van der Waals surface area contributed by atoms with Gasteiger partial charge < -0.3 is 14.8 Å². The number of hydrogen-bond acceptors (Lipinski definition) is 4. The van der Waals surface area contributed by atoms with Crippen LogP contribution in [0.5, 0.6) is 5.75 Å². The van der Waals surface area contributed by atoms with E-state index in [4.69, 9.17) is 4.74 Å². The molecule has 104 valence electrons. The van der Waals surface area contributed by atoms with E-state index in [1.54, 1.807) is 20.8 Å². The summed E-state index contributed by atoms with van der Waals surface area (Å²) < 4.78 is 5.30. The molecule has 6 nitrogen and oxygen atoms in total. The molecule has 19 heavy (non-hydrogen) atoms. The maximum atomic E-state index is 12.1. The normalized spacial score (nSPS) is 15.0. The number of nitrogens with zero attached hydrogens (tertiary/aromatic N) is 1. The molecule has 2 N–H and O–H groups in total. The largest absolute Gasteiger partial charge is 0.507 e. The van der Waals surface area contributed by atoms with Crippen LogP contribution in [0.25, 0.3) is 0 Å². The van der Waals surface area contributed by atoms with Gasteiger partial charge in [-0.3, -0.25) is 9.69 Å². The highest BCUT2D eigenvalue weighted by Crippen LogP contribution is 2.31. The van der Waals surface area contributed by atoms with E-state index < -0.39 is 17.3 Å². The Labute approximate surface area is 111 Å². The first-order valence-corrected chi connectivity index (χ1v) is 6.23. The van der Waals surface area contributed by atoms with Crippen molar-refractivity contribution < 1.29 is 14.6 Å². The molecule has 1 aliphatic heterocycles. The summed E-state index contributed by atoms with van der Waals surface area (Å²) in [5, 5.41) is 9.77. The monoisotopic (exact) mass is 266 g/mol. The SMILES string of the molecule is CC(C)(C)OC(=O)N1CCCc2c(O)cc(=O)[nH]c21. The van der Waals surface area contributed by atoms with Gasteiger partial charge in [0.2, 0.25) is 0 Å². The van der Waals surface area contributed by atoms with E-state index in [9.17, 15) is 14.7 Å². The number of carbonyl (C=O) groups excluding carboxylic acids is 1. The Kier molecular flexibility index (Phi) is 3.26. The van der Waals surface area contributed by atoms with Crippen LogP contribution in [0.3, 0.4) is 0 Å². The van der Waals surface area contributed by atoms with Crippen molar-refractivity contribution in [2.24, 2.45) is 0 Å². The standard InChI is InChI=1S/C13H18N2O4/c1-13(2,3)19-12(18)15-6-4-5-8-9(16)7-10(17)14-11(8)15/h7H,4-6H2,1-3H3,(H2,14,16,17). The number of aromatic hydroxyl groups is 1. The number of ether oxygens (including phenoxy) is 1. The second kappa shape index (κ2) is 4.60. The summed E-state index contributed by atoms with van der Waals surface area (Å²) in [6, 6.07) is 1.12. The van der Waals surface area contributed by atoms with E-state index in [0.717, 1.165) is 6.07 Å². The summed E-state index contributed by atoms with van der Waals surface area (Å²) in [5.74, 6) is 0.262. The molecule has 0 atom stereocenters. The van der Waals surface area contributed by atoms with Crippen molar-refractivity contribution in [2.75, 3.05) is 11.4 Å². The number of H-pyrrole nitrogens is 1. The molecule has 0 saturated carbocycles. The van der Waals surface area contributed by atoms with Crippen molar-refractivity contribution in [3.8, 4) is 5.75 Å². The summed E-state index contributed by atoms with van der Waals surface area (Å²) in [6.45, 7) is 5.80. The van der Waals surface area contributed by atoms with Gasteiger partial charge >= 0.3 is 6.09 Å². The van der Waals surface area contributed by atoms with Crippen molar-refractivity contribution in [3.63, 3.8) is 0 Å². The lowest BCUT2D eigenvalue weighted by Gasteiger charge is -2.31. The molecule has 1 aliphatic rings. The Hall–Kier alpha value is -1.98. The number of rotatable bonds is 0. The van der Waals surface area contributed by atoms with Crippen LogP contribution in [0, 0.1) is 0 Å². The van der Waals surface area contributed by atoms with E-state index in [0.29, 0.717) is 30.8 Å². The number of pyridine rings is 1. The van der Waals surface area contributed by atoms with Crippen LogP contribution in [0.4, 0.5) is 10.6 Å². The van der Waals surface area contributed by atoms with Gasteiger partial charge in [0.15, 0.2) is 0 Å². The van der Waals surface area contributed by atoms with Crippen LogP contribution in [0.1, 0.15) is 32.8 Å². The Morgan fingerprint density at radius 2 is 2.16 bits per heavy atom. The third-order valence-corrected chi connectivity index (χ3v) is 2.80. The predicted octanol–water partition coefficient (Wildman–Crippen LogP) is 1.77. The average molecular weight is 266 g/mol. The zero-order valence-corrected chi connectivity index (χ0v) is 11.3. The van der Waals surface area contributed by atoms with Crippen LogP contribution >= 0.6 is 0 Å².